The van der Waals surface area contributed by atoms with Gasteiger partial charge in [-0.15, -0.1) is 0 Å². The monoisotopic (exact) mass is 259 g/mol. The molecule has 0 aliphatic carbocycles. The highest BCUT2D eigenvalue weighted by atomic mass is 16.5. The fourth-order valence-corrected chi connectivity index (χ4v) is 2.84. The molecule has 0 atom stereocenters. The van der Waals surface area contributed by atoms with Crippen molar-refractivity contribution in [1.82, 2.24) is 14.8 Å². The fraction of sp³-hybridized carbons (Fsp3) is 0.467. The minimum absolute atomic E-state index is 0.964. The predicted molar refractivity (Wildman–Crippen MR) is 77.6 cm³/mol. The van der Waals surface area contributed by atoms with Crippen LogP contribution in [-0.4, -0.2) is 42.8 Å². The van der Waals surface area contributed by atoms with Crippen LogP contribution in [0.2, 0.25) is 0 Å². The van der Waals surface area contributed by atoms with Crippen LogP contribution in [0.15, 0.2) is 24.4 Å². The van der Waals surface area contributed by atoms with E-state index >= 15 is 0 Å². The molecule has 4 heteroatoms. The van der Waals surface area contributed by atoms with Gasteiger partial charge in [-0.1, -0.05) is 0 Å². The maximum absolute atomic E-state index is 5.55. The van der Waals surface area contributed by atoms with Crippen molar-refractivity contribution in [2.75, 3.05) is 33.3 Å². The highest BCUT2D eigenvalue weighted by Crippen LogP contribution is 2.29. The largest absolute Gasteiger partial charge is 0.496 e. The van der Waals surface area contributed by atoms with E-state index in [0.717, 1.165) is 38.5 Å². The van der Waals surface area contributed by atoms with Crippen molar-refractivity contribution >= 4 is 10.9 Å². The summed E-state index contributed by atoms with van der Waals surface area (Å²) in [6, 6.07) is 6.41. The van der Waals surface area contributed by atoms with Gasteiger partial charge in [0.25, 0.3) is 0 Å². The van der Waals surface area contributed by atoms with Crippen molar-refractivity contribution in [3.8, 4) is 5.75 Å². The zero-order valence-corrected chi connectivity index (χ0v) is 11.6. The third-order valence-electron chi connectivity index (χ3n) is 3.95. The molecule has 1 aliphatic heterocycles. The zero-order chi connectivity index (χ0) is 13.2. The van der Waals surface area contributed by atoms with Crippen molar-refractivity contribution in [3.63, 3.8) is 0 Å². The Morgan fingerprint density at radius 3 is 2.74 bits per heavy atom. The Hall–Kier alpha value is -1.52. The summed E-state index contributed by atoms with van der Waals surface area (Å²) in [6.45, 7) is 5.32. The number of ether oxygens (including phenoxy) is 1. The second kappa shape index (κ2) is 5.23. The highest BCUT2D eigenvalue weighted by molar-refractivity contribution is 5.86. The summed E-state index contributed by atoms with van der Waals surface area (Å²) < 4.78 is 7.72. The summed E-state index contributed by atoms with van der Waals surface area (Å²) in [7, 11) is 3.84. The molecule has 1 saturated heterocycles. The fourth-order valence-electron chi connectivity index (χ4n) is 2.84. The molecule has 19 heavy (non-hydrogen) atoms. The van der Waals surface area contributed by atoms with E-state index in [0.29, 0.717) is 0 Å². The third-order valence-corrected chi connectivity index (χ3v) is 3.95. The third kappa shape index (κ3) is 2.33. The number of fused-ring (bicyclic) bond motifs is 1. The van der Waals surface area contributed by atoms with E-state index in [2.05, 4.69) is 46.2 Å². The molecule has 1 fully saturated rings. The van der Waals surface area contributed by atoms with Crippen LogP contribution >= 0.6 is 0 Å². The van der Waals surface area contributed by atoms with Gasteiger partial charge in [-0.3, -0.25) is 4.90 Å². The summed E-state index contributed by atoms with van der Waals surface area (Å²) in [6.07, 6.45) is 2.12. The van der Waals surface area contributed by atoms with Gasteiger partial charge in [-0.25, -0.2) is 0 Å². The van der Waals surface area contributed by atoms with Crippen molar-refractivity contribution in [3.05, 3.63) is 30.0 Å². The van der Waals surface area contributed by atoms with E-state index < -0.39 is 0 Å². The molecule has 1 aromatic carbocycles. The van der Waals surface area contributed by atoms with Gasteiger partial charge in [-0.2, -0.15) is 0 Å². The quantitative estimate of drug-likeness (QED) is 0.908. The van der Waals surface area contributed by atoms with Gasteiger partial charge in [0, 0.05) is 62.4 Å². The Morgan fingerprint density at radius 2 is 2.00 bits per heavy atom. The summed E-state index contributed by atoms with van der Waals surface area (Å²) in [4.78, 5) is 2.49. The SMILES string of the molecule is COc1ccc2c(ccn2C)c1CN1CCNCC1. The average Bonchev–Trinajstić information content (AvgIpc) is 2.82. The number of methoxy groups -OCH3 is 1. The van der Waals surface area contributed by atoms with Gasteiger partial charge in [0.1, 0.15) is 5.75 Å². The Labute approximate surface area is 114 Å². The molecule has 2 aromatic rings. The molecule has 1 aliphatic rings. The van der Waals surface area contributed by atoms with Crippen LogP contribution in [0.25, 0.3) is 10.9 Å². The maximum Gasteiger partial charge on any atom is 0.124 e. The molecule has 0 amide bonds. The molecular formula is C15H21N3O. The van der Waals surface area contributed by atoms with E-state index in [4.69, 9.17) is 4.74 Å². The number of hydrogen-bond donors (Lipinski definition) is 1. The first-order valence-electron chi connectivity index (χ1n) is 6.83. The topological polar surface area (TPSA) is 29.4 Å². The number of aryl methyl sites for hydroxylation is 1. The normalized spacial score (nSPS) is 16.9. The first-order chi connectivity index (χ1) is 9.29. The van der Waals surface area contributed by atoms with Crippen molar-refractivity contribution in [2.24, 2.45) is 7.05 Å². The lowest BCUT2D eigenvalue weighted by molar-refractivity contribution is 0.231. The van der Waals surface area contributed by atoms with E-state index in [1.54, 1.807) is 7.11 Å². The number of hydrogen-bond acceptors (Lipinski definition) is 3. The van der Waals surface area contributed by atoms with E-state index in [1.807, 2.05) is 0 Å². The predicted octanol–water partition coefficient (Wildman–Crippen LogP) is 1.59. The molecule has 2 heterocycles. The smallest absolute Gasteiger partial charge is 0.124 e. The lowest BCUT2D eigenvalue weighted by Gasteiger charge is -2.28. The van der Waals surface area contributed by atoms with Crippen LogP contribution in [0.1, 0.15) is 5.56 Å². The van der Waals surface area contributed by atoms with Gasteiger partial charge in [-0.05, 0) is 18.2 Å². The van der Waals surface area contributed by atoms with Gasteiger partial charge >= 0.3 is 0 Å². The van der Waals surface area contributed by atoms with Gasteiger partial charge in [0.2, 0.25) is 0 Å². The first-order valence-corrected chi connectivity index (χ1v) is 6.83. The van der Waals surface area contributed by atoms with Gasteiger partial charge < -0.3 is 14.6 Å². The Bertz CT molecular complexity index is 570. The van der Waals surface area contributed by atoms with Crippen LogP contribution in [0.3, 0.4) is 0 Å². The second-order valence-electron chi connectivity index (χ2n) is 5.13. The molecule has 102 valence electrons. The molecule has 3 rings (SSSR count). The van der Waals surface area contributed by atoms with Crippen LogP contribution in [0, 0.1) is 0 Å². The minimum Gasteiger partial charge on any atom is -0.496 e. The number of piperazine rings is 1. The Kier molecular flexibility index (Phi) is 3.44. The standard InChI is InChI=1S/C15H21N3O/c1-17-8-5-12-13(11-18-9-6-16-7-10-18)15(19-2)4-3-14(12)17/h3-5,8,16H,6-7,9-11H2,1-2H3. The van der Waals surface area contributed by atoms with Gasteiger partial charge in [0.15, 0.2) is 0 Å². The molecule has 1 aromatic heterocycles. The van der Waals surface area contributed by atoms with Crippen molar-refractivity contribution in [2.45, 2.75) is 6.54 Å². The number of rotatable bonds is 3. The first kappa shape index (κ1) is 12.5. The number of nitrogens with one attached hydrogen (secondary N) is 1. The molecule has 0 unspecified atom stereocenters. The summed E-state index contributed by atoms with van der Waals surface area (Å²) >= 11 is 0. The zero-order valence-electron chi connectivity index (χ0n) is 11.6. The Balaban J connectivity index is 1.98. The summed E-state index contributed by atoms with van der Waals surface area (Å²) in [5.74, 6) is 0.997. The lowest BCUT2D eigenvalue weighted by Crippen LogP contribution is -2.42. The van der Waals surface area contributed by atoms with E-state index in [9.17, 15) is 0 Å². The highest BCUT2D eigenvalue weighted by Gasteiger charge is 2.16. The maximum atomic E-state index is 5.55. The molecule has 0 bridgehead atoms. The molecular weight excluding hydrogens is 238 g/mol. The van der Waals surface area contributed by atoms with Crippen LogP contribution < -0.4 is 10.1 Å². The molecule has 0 radical (unpaired) electrons. The number of benzene rings is 1. The van der Waals surface area contributed by atoms with E-state index in [1.165, 1.54) is 16.5 Å². The number of aromatic nitrogens is 1. The molecule has 4 nitrogen and oxygen atoms in total. The van der Waals surface area contributed by atoms with Crippen LogP contribution in [-0.2, 0) is 13.6 Å². The Morgan fingerprint density at radius 1 is 1.21 bits per heavy atom. The molecule has 0 saturated carbocycles. The van der Waals surface area contributed by atoms with Crippen LogP contribution in [0.5, 0.6) is 5.75 Å². The van der Waals surface area contributed by atoms with Crippen molar-refractivity contribution in [1.29, 1.82) is 0 Å². The molecule has 0 spiro atoms. The van der Waals surface area contributed by atoms with Gasteiger partial charge in [0.05, 0.1) is 7.11 Å². The summed E-state index contributed by atoms with van der Waals surface area (Å²) in [5.41, 5.74) is 2.58. The average molecular weight is 259 g/mol. The minimum atomic E-state index is 0.964. The summed E-state index contributed by atoms with van der Waals surface area (Å²) in [5, 5.41) is 4.70. The van der Waals surface area contributed by atoms with Crippen LogP contribution in [0.4, 0.5) is 0 Å². The lowest BCUT2D eigenvalue weighted by atomic mass is 10.1. The molecule has 1 N–H and O–H groups in total. The second-order valence-corrected chi connectivity index (χ2v) is 5.13. The van der Waals surface area contributed by atoms with Crippen molar-refractivity contribution < 1.29 is 4.74 Å². The number of nitrogens with zero attached hydrogens (tertiary/aromatic N) is 2. The van der Waals surface area contributed by atoms with E-state index in [-0.39, 0.29) is 0 Å².